The van der Waals surface area contributed by atoms with Crippen LogP contribution in [-0.4, -0.2) is 0 Å². The Labute approximate surface area is 161 Å². The van der Waals surface area contributed by atoms with Gasteiger partial charge in [-0.3, -0.25) is 0 Å². The quantitative estimate of drug-likeness (QED) is 0.489. The predicted octanol–water partition coefficient (Wildman–Crippen LogP) is 7.56. The Morgan fingerprint density at radius 3 is 2.63 bits per heavy atom. The summed E-state index contributed by atoms with van der Waals surface area (Å²) in [6.07, 6.45) is 10.4. The highest BCUT2D eigenvalue weighted by Gasteiger charge is 2.35. The Morgan fingerprint density at radius 2 is 1.81 bits per heavy atom. The van der Waals surface area contributed by atoms with Gasteiger partial charge in [-0.05, 0) is 97.3 Å². The maximum Gasteiger partial charge on any atom is 0.134 e. The Balaban J connectivity index is 1.61. The van der Waals surface area contributed by atoms with Gasteiger partial charge in [0.2, 0.25) is 0 Å². The molecule has 4 rings (SSSR count). The van der Waals surface area contributed by atoms with E-state index in [1.807, 2.05) is 18.2 Å². The van der Waals surface area contributed by atoms with Crippen LogP contribution in [0.5, 0.6) is 0 Å². The third-order valence-corrected chi connectivity index (χ3v) is 7.08. The zero-order chi connectivity index (χ0) is 19.0. The van der Waals surface area contributed by atoms with Crippen LogP contribution in [0.3, 0.4) is 0 Å². The molecule has 4 atom stereocenters. The Bertz CT molecular complexity index is 838. The van der Waals surface area contributed by atoms with Crippen LogP contribution in [0.4, 0.5) is 8.78 Å². The molecule has 0 N–H and O–H groups in total. The van der Waals surface area contributed by atoms with Gasteiger partial charge in [0, 0.05) is 5.39 Å². The van der Waals surface area contributed by atoms with Crippen molar-refractivity contribution in [1.29, 1.82) is 0 Å². The number of fused-ring (bicyclic) bond motifs is 2. The second kappa shape index (κ2) is 7.73. The van der Waals surface area contributed by atoms with Crippen LogP contribution in [0, 0.1) is 29.4 Å². The minimum atomic E-state index is -0.273. The average molecular weight is 369 g/mol. The summed E-state index contributed by atoms with van der Waals surface area (Å²) in [4.78, 5) is 0. The monoisotopic (exact) mass is 368 g/mol. The first kappa shape index (κ1) is 18.7. The molecule has 0 spiro atoms. The fourth-order valence-electron chi connectivity index (χ4n) is 5.54. The van der Waals surface area contributed by atoms with E-state index in [4.69, 9.17) is 0 Å². The lowest BCUT2D eigenvalue weighted by Gasteiger charge is -2.41. The Morgan fingerprint density at radius 1 is 1.04 bits per heavy atom. The molecule has 2 fully saturated rings. The molecule has 0 saturated heterocycles. The molecule has 0 aliphatic heterocycles. The van der Waals surface area contributed by atoms with Gasteiger partial charge in [0.05, 0.1) is 0 Å². The minimum absolute atomic E-state index is 0.227. The summed E-state index contributed by atoms with van der Waals surface area (Å²) in [6.45, 7) is 6.06. The smallest absolute Gasteiger partial charge is 0.134 e. The first-order valence-electron chi connectivity index (χ1n) is 10.6. The zero-order valence-corrected chi connectivity index (χ0v) is 16.3. The molecule has 2 unspecified atom stereocenters. The van der Waals surface area contributed by atoms with Crippen molar-refractivity contribution in [2.75, 3.05) is 0 Å². The van der Waals surface area contributed by atoms with Crippen molar-refractivity contribution in [1.82, 2.24) is 0 Å². The molecular weight excluding hydrogens is 338 g/mol. The lowest BCUT2D eigenvalue weighted by atomic mass is 9.64. The van der Waals surface area contributed by atoms with Crippen molar-refractivity contribution in [2.45, 2.75) is 64.2 Å². The van der Waals surface area contributed by atoms with Gasteiger partial charge in [-0.15, -0.1) is 6.58 Å². The van der Waals surface area contributed by atoms with Gasteiger partial charge in [0.25, 0.3) is 0 Å². The summed E-state index contributed by atoms with van der Waals surface area (Å²) >= 11 is 0. The largest absolute Gasteiger partial charge is 0.207 e. The molecule has 2 aromatic rings. The normalized spacial score (nSPS) is 28.1. The van der Waals surface area contributed by atoms with Crippen LogP contribution >= 0.6 is 0 Å². The molecule has 0 radical (unpaired) electrons. The molecule has 27 heavy (non-hydrogen) atoms. The van der Waals surface area contributed by atoms with Crippen LogP contribution in [0.1, 0.15) is 68.9 Å². The molecule has 2 heteroatoms. The van der Waals surface area contributed by atoms with Crippen molar-refractivity contribution in [3.8, 4) is 0 Å². The number of rotatable bonds is 4. The molecule has 0 bridgehead atoms. The Hall–Kier alpha value is -1.70. The van der Waals surface area contributed by atoms with Gasteiger partial charge in [0.15, 0.2) is 0 Å². The van der Waals surface area contributed by atoms with E-state index in [-0.39, 0.29) is 17.6 Å². The summed E-state index contributed by atoms with van der Waals surface area (Å²) in [5, 5.41) is 1.24. The summed E-state index contributed by atoms with van der Waals surface area (Å²) in [7, 11) is 0. The lowest BCUT2D eigenvalue weighted by Crippen LogP contribution is -2.29. The molecule has 144 valence electrons. The standard InChI is InChI=1S/C25H30F2/c1-3-4-5-17-8-10-21-14-22(24(26)15-23(21)25(17)27)20-11-9-18-12-16(2)6-7-19(18)13-20/h3,8,10,14-16,18-20H,1,4-7,9,11-13H2,2H3/t16?,18-,19?,20-/m1/s1. The van der Waals surface area contributed by atoms with Crippen LogP contribution < -0.4 is 0 Å². The summed E-state index contributed by atoms with van der Waals surface area (Å²) < 4.78 is 29.8. The lowest BCUT2D eigenvalue weighted by molar-refractivity contribution is 0.124. The van der Waals surface area contributed by atoms with Crippen molar-refractivity contribution in [3.63, 3.8) is 0 Å². The SMILES string of the molecule is C=CCCc1ccc2cc([C@@H]3CC[C@@H]4CC(C)CCC4C3)c(F)cc2c1F. The van der Waals surface area contributed by atoms with Gasteiger partial charge in [-0.1, -0.05) is 31.6 Å². The maximum absolute atomic E-state index is 15.0. The van der Waals surface area contributed by atoms with Gasteiger partial charge in [0.1, 0.15) is 11.6 Å². The third-order valence-electron chi connectivity index (χ3n) is 7.08. The van der Waals surface area contributed by atoms with Crippen molar-refractivity contribution in [3.05, 3.63) is 59.7 Å². The average Bonchev–Trinajstić information content (AvgIpc) is 2.67. The van der Waals surface area contributed by atoms with E-state index in [1.165, 1.54) is 31.7 Å². The first-order valence-corrected chi connectivity index (χ1v) is 10.6. The maximum atomic E-state index is 15.0. The molecule has 0 nitrogen and oxygen atoms in total. The van der Waals surface area contributed by atoms with Crippen LogP contribution in [0.15, 0.2) is 36.9 Å². The second-order valence-electron chi connectivity index (χ2n) is 8.91. The fourth-order valence-corrected chi connectivity index (χ4v) is 5.54. The first-order chi connectivity index (χ1) is 13.1. The van der Waals surface area contributed by atoms with E-state index < -0.39 is 0 Å². The molecule has 2 aliphatic rings. The highest BCUT2D eigenvalue weighted by atomic mass is 19.1. The minimum Gasteiger partial charge on any atom is -0.207 e. The topological polar surface area (TPSA) is 0 Å². The van der Waals surface area contributed by atoms with Gasteiger partial charge in [-0.25, -0.2) is 8.78 Å². The van der Waals surface area contributed by atoms with Crippen LogP contribution in [0.2, 0.25) is 0 Å². The number of benzene rings is 2. The van der Waals surface area contributed by atoms with Gasteiger partial charge < -0.3 is 0 Å². The highest BCUT2D eigenvalue weighted by molar-refractivity contribution is 5.85. The van der Waals surface area contributed by atoms with Crippen molar-refractivity contribution in [2.24, 2.45) is 17.8 Å². The number of hydrogen-bond donors (Lipinski definition) is 0. The second-order valence-corrected chi connectivity index (χ2v) is 8.91. The molecule has 2 saturated carbocycles. The van der Waals surface area contributed by atoms with E-state index in [0.717, 1.165) is 48.0 Å². The number of hydrogen-bond acceptors (Lipinski definition) is 0. The highest BCUT2D eigenvalue weighted by Crippen LogP contribution is 2.48. The van der Waals surface area contributed by atoms with Gasteiger partial charge in [-0.2, -0.15) is 0 Å². The molecular formula is C25H30F2. The van der Waals surface area contributed by atoms with E-state index in [1.54, 1.807) is 6.08 Å². The van der Waals surface area contributed by atoms with E-state index in [9.17, 15) is 8.78 Å². The molecule has 2 aromatic carbocycles. The molecule has 0 aromatic heterocycles. The van der Waals surface area contributed by atoms with Gasteiger partial charge >= 0.3 is 0 Å². The molecule has 0 heterocycles. The Kier molecular flexibility index (Phi) is 5.34. The van der Waals surface area contributed by atoms with E-state index in [2.05, 4.69) is 13.5 Å². The van der Waals surface area contributed by atoms with Crippen LogP contribution in [-0.2, 0) is 6.42 Å². The van der Waals surface area contributed by atoms with Crippen molar-refractivity contribution < 1.29 is 8.78 Å². The predicted molar refractivity (Wildman–Crippen MR) is 109 cm³/mol. The van der Waals surface area contributed by atoms with E-state index in [0.29, 0.717) is 17.4 Å². The summed E-state index contributed by atoms with van der Waals surface area (Å²) in [6, 6.07) is 7.16. The summed E-state index contributed by atoms with van der Waals surface area (Å²) in [5.41, 5.74) is 1.45. The van der Waals surface area contributed by atoms with Crippen LogP contribution in [0.25, 0.3) is 10.8 Å². The summed E-state index contributed by atoms with van der Waals surface area (Å²) in [5.74, 6) is 2.21. The number of allylic oxidation sites excluding steroid dienone is 1. The third kappa shape index (κ3) is 3.68. The number of aryl methyl sites for hydroxylation is 1. The molecule has 2 aliphatic carbocycles. The fraction of sp³-hybridized carbons (Fsp3) is 0.520. The zero-order valence-electron chi connectivity index (χ0n) is 16.3. The van der Waals surface area contributed by atoms with E-state index >= 15 is 0 Å². The molecule has 0 amide bonds. The number of halogens is 2. The van der Waals surface area contributed by atoms with Crippen molar-refractivity contribution >= 4 is 10.8 Å².